The molecule has 0 radical (unpaired) electrons. The van der Waals surface area contributed by atoms with Crippen LogP contribution in [0.2, 0.25) is 0 Å². The number of carbonyl (C=O) groups excluding carboxylic acids is 2. The Hall–Kier alpha value is -1.63. The number of hydrogen-bond donors (Lipinski definition) is 3. The molecule has 2 heterocycles. The molecular formula is C22H35ClN4O2. The van der Waals surface area contributed by atoms with E-state index in [0.29, 0.717) is 12.5 Å². The monoisotopic (exact) mass is 422 g/mol. The molecule has 162 valence electrons. The zero-order valence-electron chi connectivity index (χ0n) is 17.8. The van der Waals surface area contributed by atoms with Crippen molar-refractivity contribution in [2.75, 3.05) is 31.5 Å². The molecule has 0 bridgehead atoms. The number of carbonyl (C=O) groups is 2. The molecule has 3 atom stereocenters. The number of halogens is 1. The lowest BCUT2D eigenvalue weighted by Crippen LogP contribution is -2.50. The lowest BCUT2D eigenvalue weighted by molar-refractivity contribution is -0.124. The summed E-state index contributed by atoms with van der Waals surface area (Å²) in [6.45, 7) is 9.42. The molecule has 2 amide bonds. The van der Waals surface area contributed by atoms with Crippen LogP contribution in [0.25, 0.3) is 0 Å². The molecule has 0 aromatic heterocycles. The van der Waals surface area contributed by atoms with Crippen molar-refractivity contribution >= 4 is 29.9 Å². The minimum absolute atomic E-state index is 0. The van der Waals surface area contributed by atoms with Crippen LogP contribution in [-0.4, -0.2) is 55.0 Å². The number of amides is 2. The van der Waals surface area contributed by atoms with Gasteiger partial charge >= 0.3 is 0 Å². The largest absolute Gasteiger partial charge is 0.354 e. The molecule has 3 N–H and O–H groups in total. The van der Waals surface area contributed by atoms with E-state index in [1.807, 2.05) is 39.0 Å². The van der Waals surface area contributed by atoms with Gasteiger partial charge < -0.3 is 16.0 Å². The summed E-state index contributed by atoms with van der Waals surface area (Å²) in [5.74, 6) is 0.558. The fourth-order valence-electron chi connectivity index (χ4n) is 4.30. The van der Waals surface area contributed by atoms with E-state index in [0.717, 1.165) is 62.1 Å². The molecule has 0 aliphatic carbocycles. The molecule has 2 aliphatic rings. The minimum Gasteiger partial charge on any atom is -0.354 e. The van der Waals surface area contributed by atoms with Crippen molar-refractivity contribution in [3.63, 3.8) is 0 Å². The van der Waals surface area contributed by atoms with E-state index in [9.17, 15) is 9.59 Å². The summed E-state index contributed by atoms with van der Waals surface area (Å²) in [5.41, 5.74) is 3.09. The first-order chi connectivity index (χ1) is 13.5. The summed E-state index contributed by atoms with van der Waals surface area (Å²) in [7, 11) is 0. The Labute approximate surface area is 180 Å². The van der Waals surface area contributed by atoms with Crippen LogP contribution in [0.5, 0.6) is 0 Å². The predicted molar refractivity (Wildman–Crippen MR) is 120 cm³/mol. The van der Waals surface area contributed by atoms with Gasteiger partial charge in [-0.3, -0.25) is 14.5 Å². The van der Waals surface area contributed by atoms with E-state index in [4.69, 9.17) is 0 Å². The van der Waals surface area contributed by atoms with E-state index in [2.05, 4.69) is 20.9 Å². The van der Waals surface area contributed by atoms with Gasteiger partial charge in [-0.2, -0.15) is 0 Å². The van der Waals surface area contributed by atoms with Crippen molar-refractivity contribution in [3.8, 4) is 0 Å². The Morgan fingerprint density at radius 3 is 2.59 bits per heavy atom. The quantitative estimate of drug-likeness (QED) is 0.658. The molecular weight excluding hydrogens is 388 g/mol. The van der Waals surface area contributed by atoms with E-state index in [1.165, 1.54) is 0 Å². The average molecular weight is 423 g/mol. The maximum absolute atomic E-state index is 12.8. The molecule has 2 saturated heterocycles. The molecule has 7 heteroatoms. The van der Waals surface area contributed by atoms with E-state index < -0.39 is 0 Å². The van der Waals surface area contributed by atoms with E-state index in [-0.39, 0.29) is 36.3 Å². The van der Waals surface area contributed by atoms with Crippen LogP contribution in [0.4, 0.5) is 5.69 Å². The summed E-state index contributed by atoms with van der Waals surface area (Å²) >= 11 is 0. The van der Waals surface area contributed by atoms with Crippen LogP contribution in [0.1, 0.15) is 43.7 Å². The summed E-state index contributed by atoms with van der Waals surface area (Å²) in [6, 6.07) is 5.84. The van der Waals surface area contributed by atoms with Crippen molar-refractivity contribution in [2.45, 2.75) is 58.5 Å². The maximum Gasteiger partial charge on any atom is 0.241 e. The standard InChI is InChI=1S/C22H34N4O2.ClH/c1-15-7-4-8-16(2)20(15)25-21(27)17(3)26-12-6-9-18(14-26)13-24-22(28)19-10-5-11-23-19;/h4,7-8,17-19,23H,5-6,9-14H2,1-3H3,(H,24,28)(H,25,27);1H. The van der Waals surface area contributed by atoms with Gasteiger partial charge in [-0.15, -0.1) is 12.4 Å². The Kier molecular flexibility index (Phi) is 8.93. The number of nitrogens with one attached hydrogen (secondary N) is 3. The molecule has 2 aliphatic heterocycles. The Morgan fingerprint density at radius 1 is 1.21 bits per heavy atom. The van der Waals surface area contributed by atoms with Gasteiger partial charge in [-0.25, -0.2) is 0 Å². The number of hydrogen-bond acceptors (Lipinski definition) is 4. The number of nitrogens with zero attached hydrogens (tertiary/aromatic N) is 1. The second-order valence-corrected chi connectivity index (χ2v) is 8.33. The molecule has 29 heavy (non-hydrogen) atoms. The summed E-state index contributed by atoms with van der Waals surface area (Å²) < 4.78 is 0. The number of para-hydroxylation sites is 1. The smallest absolute Gasteiger partial charge is 0.241 e. The molecule has 1 aromatic carbocycles. The van der Waals surface area contributed by atoms with Crippen molar-refractivity contribution < 1.29 is 9.59 Å². The van der Waals surface area contributed by atoms with Crippen molar-refractivity contribution in [1.29, 1.82) is 0 Å². The number of rotatable bonds is 6. The molecule has 3 unspecified atom stereocenters. The highest BCUT2D eigenvalue weighted by Crippen LogP contribution is 2.22. The van der Waals surface area contributed by atoms with Crippen LogP contribution >= 0.6 is 12.4 Å². The average Bonchev–Trinajstić information content (AvgIpc) is 3.23. The maximum atomic E-state index is 12.8. The zero-order valence-corrected chi connectivity index (χ0v) is 18.6. The number of anilines is 1. The van der Waals surface area contributed by atoms with Gasteiger partial charge in [-0.1, -0.05) is 18.2 Å². The molecule has 2 fully saturated rings. The Morgan fingerprint density at radius 2 is 1.93 bits per heavy atom. The lowest BCUT2D eigenvalue weighted by atomic mass is 9.96. The number of aryl methyl sites for hydroxylation is 2. The van der Waals surface area contributed by atoms with Gasteiger partial charge in [0.05, 0.1) is 12.1 Å². The van der Waals surface area contributed by atoms with Gasteiger partial charge in [0.2, 0.25) is 11.8 Å². The SMILES string of the molecule is Cc1cccc(C)c1NC(=O)C(C)N1CCCC(CNC(=O)C2CCCN2)C1.Cl. The van der Waals surface area contributed by atoms with E-state index in [1.54, 1.807) is 0 Å². The fraction of sp³-hybridized carbons (Fsp3) is 0.636. The highest BCUT2D eigenvalue weighted by Gasteiger charge is 2.29. The van der Waals surface area contributed by atoms with Crippen molar-refractivity contribution in [2.24, 2.45) is 5.92 Å². The van der Waals surface area contributed by atoms with Gasteiger partial charge in [-0.05, 0) is 76.6 Å². The van der Waals surface area contributed by atoms with Crippen LogP contribution in [0, 0.1) is 19.8 Å². The Bertz CT molecular complexity index is 686. The third kappa shape index (κ3) is 6.17. The molecule has 0 saturated carbocycles. The predicted octanol–water partition coefficient (Wildman–Crippen LogP) is 2.63. The van der Waals surface area contributed by atoms with Gasteiger partial charge in [0, 0.05) is 18.8 Å². The fourth-order valence-corrected chi connectivity index (χ4v) is 4.30. The third-order valence-corrected chi connectivity index (χ3v) is 6.15. The highest BCUT2D eigenvalue weighted by atomic mass is 35.5. The summed E-state index contributed by atoms with van der Waals surface area (Å²) in [5, 5.41) is 9.47. The summed E-state index contributed by atoms with van der Waals surface area (Å²) in [4.78, 5) is 27.3. The number of likely N-dealkylation sites (tertiary alicyclic amines) is 1. The van der Waals surface area contributed by atoms with Crippen molar-refractivity contribution in [3.05, 3.63) is 29.3 Å². The first kappa shape index (κ1) is 23.6. The number of piperidine rings is 1. The van der Waals surface area contributed by atoms with Crippen LogP contribution in [-0.2, 0) is 9.59 Å². The molecule has 0 spiro atoms. The number of benzene rings is 1. The first-order valence-electron chi connectivity index (χ1n) is 10.6. The third-order valence-electron chi connectivity index (χ3n) is 6.15. The molecule has 3 rings (SSSR count). The lowest BCUT2D eigenvalue weighted by Gasteiger charge is -2.36. The normalized spacial score (nSPS) is 23.1. The van der Waals surface area contributed by atoms with Crippen LogP contribution in [0.3, 0.4) is 0 Å². The van der Waals surface area contributed by atoms with Crippen LogP contribution < -0.4 is 16.0 Å². The molecule has 1 aromatic rings. The van der Waals surface area contributed by atoms with Gasteiger partial charge in [0.25, 0.3) is 0 Å². The Balaban J connectivity index is 0.00000300. The minimum atomic E-state index is -0.186. The van der Waals surface area contributed by atoms with Gasteiger partial charge in [0.1, 0.15) is 0 Å². The van der Waals surface area contributed by atoms with Gasteiger partial charge in [0.15, 0.2) is 0 Å². The topological polar surface area (TPSA) is 73.5 Å². The second kappa shape index (κ2) is 11.0. The van der Waals surface area contributed by atoms with Crippen LogP contribution in [0.15, 0.2) is 18.2 Å². The second-order valence-electron chi connectivity index (χ2n) is 8.33. The summed E-state index contributed by atoms with van der Waals surface area (Å²) in [6.07, 6.45) is 4.16. The highest BCUT2D eigenvalue weighted by molar-refractivity contribution is 5.95. The van der Waals surface area contributed by atoms with Crippen molar-refractivity contribution in [1.82, 2.24) is 15.5 Å². The first-order valence-corrected chi connectivity index (χ1v) is 10.6. The molecule has 6 nitrogen and oxygen atoms in total. The zero-order chi connectivity index (χ0) is 20.1. The van der Waals surface area contributed by atoms with E-state index >= 15 is 0 Å².